The minimum Gasteiger partial charge on any atom is -0.207 e. The first-order chi connectivity index (χ1) is 12.0. The Morgan fingerprint density at radius 3 is 2.52 bits per heavy atom. The summed E-state index contributed by atoms with van der Waals surface area (Å²) in [6, 6.07) is 15.8. The Labute approximate surface area is 157 Å². The third kappa shape index (κ3) is 4.01. The van der Waals surface area contributed by atoms with Crippen LogP contribution in [0.1, 0.15) is 22.8 Å². The fourth-order valence-electron chi connectivity index (χ4n) is 2.83. The highest BCUT2D eigenvalue weighted by Gasteiger charge is 2.28. The van der Waals surface area contributed by atoms with Gasteiger partial charge in [-0.15, -0.1) is 0 Å². The Morgan fingerprint density at radius 2 is 1.84 bits per heavy atom. The maximum Gasteiger partial charge on any atom is 0.243 e. The first kappa shape index (κ1) is 18.3. The van der Waals surface area contributed by atoms with E-state index in [2.05, 4.69) is 0 Å². The minimum absolute atomic E-state index is 0.190. The van der Waals surface area contributed by atoms with E-state index in [1.165, 1.54) is 28.6 Å². The standard InChI is InChI=1S/C18H17ClN2O2S2/c19-17-4-2-1-3-16(17)18-9-10-21(11-12-24-18)25(22,23)15-7-5-14(13-20)6-8-15/h1-8,18H,9-12H2/t18-/m1/s1. The van der Waals surface area contributed by atoms with Gasteiger partial charge in [-0.25, -0.2) is 8.42 Å². The van der Waals surface area contributed by atoms with E-state index in [9.17, 15) is 8.42 Å². The number of benzene rings is 2. The molecule has 0 amide bonds. The van der Waals surface area contributed by atoms with Crippen molar-refractivity contribution in [1.29, 1.82) is 5.26 Å². The second-order valence-corrected chi connectivity index (χ2v) is 9.37. The second-order valence-electron chi connectivity index (χ2n) is 5.71. The van der Waals surface area contributed by atoms with Crippen LogP contribution in [0.3, 0.4) is 0 Å². The van der Waals surface area contributed by atoms with Crippen molar-refractivity contribution >= 4 is 33.4 Å². The fraction of sp³-hybridized carbons (Fsp3) is 0.278. The van der Waals surface area contributed by atoms with Crippen molar-refractivity contribution in [3.05, 3.63) is 64.7 Å². The number of hydrogen-bond donors (Lipinski definition) is 0. The molecule has 0 saturated carbocycles. The summed E-state index contributed by atoms with van der Waals surface area (Å²) < 4.78 is 27.2. The SMILES string of the molecule is N#Cc1ccc(S(=O)(=O)N2CCS[C@@H](c3ccccc3Cl)CC2)cc1. The van der Waals surface area contributed by atoms with Crippen molar-refractivity contribution in [2.24, 2.45) is 0 Å². The van der Waals surface area contributed by atoms with Crippen LogP contribution in [0.2, 0.25) is 5.02 Å². The average Bonchev–Trinajstić information content (AvgIpc) is 2.89. The van der Waals surface area contributed by atoms with Crippen molar-refractivity contribution in [3.8, 4) is 6.07 Å². The summed E-state index contributed by atoms with van der Waals surface area (Å²) >= 11 is 8.03. The van der Waals surface area contributed by atoms with Gasteiger partial charge < -0.3 is 0 Å². The van der Waals surface area contributed by atoms with Gasteiger partial charge in [0, 0.05) is 29.1 Å². The molecule has 0 radical (unpaired) electrons. The zero-order chi connectivity index (χ0) is 17.9. The fourth-order valence-corrected chi connectivity index (χ4v) is 6.00. The number of nitriles is 1. The number of rotatable bonds is 3. The van der Waals surface area contributed by atoms with E-state index in [0.717, 1.165) is 10.6 Å². The maximum absolute atomic E-state index is 12.9. The van der Waals surface area contributed by atoms with Crippen LogP contribution in [0, 0.1) is 11.3 Å². The molecular weight excluding hydrogens is 376 g/mol. The molecule has 1 fully saturated rings. The molecule has 7 heteroatoms. The second kappa shape index (κ2) is 7.79. The van der Waals surface area contributed by atoms with Gasteiger partial charge in [-0.2, -0.15) is 21.3 Å². The van der Waals surface area contributed by atoms with E-state index >= 15 is 0 Å². The normalized spacial score (nSPS) is 19.1. The van der Waals surface area contributed by atoms with Crippen molar-refractivity contribution in [2.45, 2.75) is 16.6 Å². The highest BCUT2D eigenvalue weighted by atomic mass is 35.5. The Bertz CT molecular complexity index is 892. The predicted molar refractivity (Wildman–Crippen MR) is 101 cm³/mol. The van der Waals surface area contributed by atoms with E-state index in [0.29, 0.717) is 30.8 Å². The summed E-state index contributed by atoms with van der Waals surface area (Å²) in [5.41, 5.74) is 1.51. The highest BCUT2D eigenvalue weighted by Crippen LogP contribution is 2.38. The zero-order valence-corrected chi connectivity index (χ0v) is 15.8. The third-order valence-corrected chi connectivity index (χ3v) is 7.74. The molecule has 0 bridgehead atoms. The summed E-state index contributed by atoms with van der Waals surface area (Å²) in [4.78, 5) is 0.229. The lowest BCUT2D eigenvalue weighted by molar-refractivity contribution is 0.428. The lowest BCUT2D eigenvalue weighted by Crippen LogP contribution is -2.33. The minimum atomic E-state index is -3.55. The Kier molecular flexibility index (Phi) is 5.70. The molecular formula is C18H17ClN2O2S2. The molecule has 1 atom stereocenters. The van der Waals surface area contributed by atoms with Crippen molar-refractivity contribution in [2.75, 3.05) is 18.8 Å². The average molecular weight is 393 g/mol. The van der Waals surface area contributed by atoms with Crippen LogP contribution in [-0.2, 0) is 10.0 Å². The summed E-state index contributed by atoms with van der Waals surface area (Å²) in [5, 5.41) is 9.77. The molecule has 3 rings (SSSR count). The van der Waals surface area contributed by atoms with Crippen LogP contribution in [0.5, 0.6) is 0 Å². The van der Waals surface area contributed by atoms with Gasteiger partial charge in [0.15, 0.2) is 0 Å². The number of thioether (sulfide) groups is 1. The zero-order valence-electron chi connectivity index (χ0n) is 13.4. The van der Waals surface area contributed by atoms with Crippen LogP contribution in [0.4, 0.5) is 0 Å². The first-order valence-electron chi connectivity index (χ1n) is 7.89. The Morgan fingerprint density at radius 1 is 1.12 bits per heavy atom. The quantitative estimate of drug-likeness (QED) is 0.789. The number of nitrogens with zero attached hydrogens (tertiary/aromatic N) is 2. The van der Waals surface area contributed by atoms with Crippen molar-refractivity contribution in [3.63, 3.8) is 0 Å². The Hall–Kier alpha value is -1.52. The molecule has 1 aliphatic heterocycles. The Balaban J connectivity index is 1.78. The van der Waals surface area contributed by atoms with Gasteiger partial charge >= 0.3 is 0 Å². The van der Waals surface area contributed by atoms with E-state index in [4.69, 9.17) is 16.9 Å². The topological polar surface area (TPSA) is 61.2 Å². The molecule has 0 spiro atoms. The van der Waals surface area contributed by atoms with E-state index in [1.54, 1.807) is 11.8 Å². The van der Waals surface area contributed by atoms with Gasteiger partial charge in [0.2, 0.25) is 10.0 Å². The number of hydrogen-bond acceptors (Lipinski definition) is 4. The van der Waals surface area contributed by atoms with Crippen LogP contribution < -0.4 is 0 Å². The van der Waals surface area contributed by atoms with E-state index in [-0.39, 0.29) is 10.1 Å². The lowest BCUT2D eigenvalue weighted by Gasteiger charge is -2.20. The van der Waals surface area contributed by atoms with Gasteiger partial charge in [-0.05, 0) is 42.3 Å². The molecule has 1 saturated heterocycles. The molecule has 2 aromatic rings. The van der Waals surface area contributed by atoms with Gasteiger partial charge in [0.05, 0.1) is 16.5 Å². The molecule has 0 N–H and O–H groups in total. The molecule has 1 aliphatic rings. The molecule has 1 heterocycles. The molecule has 4 nitrogen and oxygen atoms in total. The highest BCUT2D eigenvalue weighted by molar-refractivity contribution is 7.99. The summed E-state index contributed by atoms with van der Waals surface area (Å²) in [5.74, 6) is 0.714. The predicted octanol–water partition coefficient (Wildman–Crippen LogP) is 4.08. The van der Waals surface area contributed by atoms with Gasteiger partial charge in [-0.3, -0.25) is 0 Å². The first-order valence-corrected chi connectivity index (χ1v) is 10.8. The smallest absolute Gasteiger partial charge is 0.207 e. The monoisotopic (exact) mass is 392 g/mol. The van der Waals surface area contributed by atoms with E-state index < -0.39 is 10.0 Å². The maximum atomic E-state index is 12.9. The van der Waals surface area contributed by atoms with Crippen LogP contribution >= 0.6 is 23.4 Å². The van der Waals surface area contributed by atoms with Gasteiger partial charge in [-0.1, -0.05) is 29.8 Å². The summed E-state index contributed by atoms with van der Waals surface area (Å²) in [6.07, 6.45) is 0.712. The largest absolute Gasteiger partial charge is 0.243 e. The van der Waals surface area contributed by atoms with E-state index in [1.807, 2.05) is 30.3 Å². The van der Waals surface area contributed by atoms with Crippen LogP contribution in [-0.4, -0.2) is 31.6 Å². The molecule has 0 aliphatic carbocycles. The third-order valence-electron chi connectivity index (χ3n) is 4.17. The van der Waals surface area contributed by atoms with Crippen LogP contribution in [0.25, 0.3) is 0 Å². The number of sulfonamides is 1. The molecule has 25 heavy (non-hydrogen) atoms. The van der Waals surface area contributed by atoms with Crippen LogP contribution in [0.15, 0.2) is 53.4 Å². The summed E-state index contributed by atoms with van der Waals surface area (Å²) in [7, 11) is -3.55. The molecule has 2 aromatic carbocycles. The van der Waals surface area contributed by atoms with Gasteiger partial charge in [0.1, 0.15) is 0 Å². The van der Waals surface area contributed by atoms with Crippen molar-refractivity contribution < 1.29 is 8.42 Å². The van der Waals surface area contributed by atoms with Crippen molar-refractivity contribution in [1.82, 2.24) is 4.31 Å². The lowest BCUT2D eigenvalue weighted by atomic mass is 10.1. The summed E-state index contributed by atoms with van der Waals surface area (Å²) in [6.45, 7) is 0.916. The number of halogens is 1. The molecule has 130 valence electrons. The molecule has 0 unspecified atom stereocenters. The van der Waals surface area contributed by atoms with Gasteiger partial charge in [0.25, 0.3) is 0 Å². The molecule has 0 aromatic heterocycles.